The van der Waals surface area contributed by atoms with Crippen LogP contribution in [-0.2, 0) is 36.5 Å². The second-order valence-corrected chi connectivity index (χ2v) is 9.40. The molecule has 2 aromatic carbocycles. The van der Waals surface area contributed by atoms with Gasteiger partial charge >= 0.3 is 11.7 Å². The highest BCUT2D eigenvalue weighted by molar-refractivity contribution is 5.79. The summed E-state index contributed by atoms with van der Waals surface area (Å²) in [4.78, 5) is 39.1. The molecule has 0 aliphatic heterocycles. The quantitative estimate of drug-likeness (QED) is 0.347. The van der Waals surface area contributed by atoms with Crippen molar-refractivity contribution in [2.75, 3.05) is 24.6 Å². The van der Waals surface area contributed by atoms with Crippen LogP contribution in [0.4, 0.5) is 5.82 Å². The summed E-state index contributed by atoms with van der Waals surface area (Å²) in [6, 6.07) is 17.7. The molecule has 9 heteroatoms. The largest absolute Gasteiger partial charge is 0.476 e. The van der Waals surface area contributed by atoms with Crippen LogP contribution in [-0.4, -0.2) is 45.6 Å². The van der Waals surface area contributed by atoms with Crippen molar-refractivity contribution in [3.63, 3.8) is 0 Å². The van der Waals surface area contributed by atoms with E-state index in [1.54, 1.807) is 27.8 Å². The molecule has 9 nitrogen and oxygen atoms in total. The Kier molecular flexibility index (Phi) is 9.27. The molecule has 0 radical (unpaired) electrons. The lowest BCUT2D eigenvalue weighted by atomic mass is 10.1. The lowest BCUT2D eigenvalue weighted by Gasteiger charge is -2.25. The van der Waals surface area contributed by atoms with Gasteiger partial charge in [-0.2, -0.15) is 0 Å². The first-order chi connectivity index (χ1) is 17.6. The van der Waals surface area contributed by atoms with Gasteiger partial charge in [-0.3, -0.25) is 9.36 Å². The highest BCUT2D eigenvalue weighted by Gasteiger charge is 2.31. The Morgan fingerprint density at radius 1 is 0.946 bits per heavy atom. The van der Waals surface area contributed by atoms with Gasteiger partial charge < -0.3 is 14.4 Å². The zero-order valence-electron chi connectivity index (χ0n) is 22.3. The summed E-state index contributed by atoms with van der Waals surface area (Å²) in [5.74, 6) is 0.403. The van der Waals surface area contributed by atoms with Crippen LogP contribution in [0.1, 0.15) is 38.3 Å². The van der Waals surface area contributed by atoms with E-state index in [0.29, 0.717) is 31.9 Å². The molecule has 0 atom stereocenters. The Hall–Kier alpha value is -3.88. The zero-order chi connectivity index (χ0) is 27.0. The number of anilines is 1. The Morgan fingerprint density at radius 2 is 1.59 bits per heavy atom. The third-order valence-corrected chi connectivity index (χ3v) is 6.07. The van der Waals surface area contributed by atoms with Gasteiger partial charge in [0.25, 0.3) is 5.56 Å². The van der Waals surface area contributed by atoms with Gasteiger partial charge in [0.15, 0.2) is 5.60 Å². The standard InChI is InChI=1S/C28H36N4O5/c1-6-36-26(34)28(2,3)37-23-16-14-22(15-17-23)18-20-32(19-10-13-21-11-8-7-9-12-21)24-25(33)30(4)27(35)31(5)29-24/h7-9,11-12,14-17H,6,10,13,18-20H2,1-5H3. The number of aromatic nitrogens is 3. The lowest BCUT2D eigenvalue weighted by molar-refractivity contribution is -0.158. The second kappa shape index (κ2) is 12.4. The van der Waals surface area contributed by atoms with Crippen LogP contribution in [0.25, 0.3) is 0 Å². The number of hydrogen-bond donors (Lipinski definition) is 0. The molecule has 1 heterocycles. The first-order valence-electron chi connectivity index (χ1n) is 12.5. The van der Waals surface area contributed by atoms with Crippen molar-refractivity contribution in [1.29, 1.82) is 0 Å². The molecule has 0 aliphatic carbocycles. The third kappa shape index (κ3) is 7.31. The molecule has 198 valence electrons. The minimum absolute atomic E-state index is 0.258. The smallest absolute Gasteiger partial charge is 0.349 e. The number of hydrogen-bond acceptors (Lipinski definition) is 7. The summed E-state index contributed by atoms with van der Waals surface area (Å²) < 4.78 is 13.2. The second-order valence-electron chi connectivity index (χ2n) is 9.40. The van der Waals surface area contributed by atoms with E-state index in [1.165, 1.54) is 17.3 Å². The zero-order valence-corrected chi connectivity index (χ0v) is 22.3. The summed E-state index contributed by atoms with van der Waals surface area (Å²) in [6.45, 7) is 6.56. The van der Waals surface area contributed by atoms with E-state index in [9.17, 15) is 14.4 Å². The molecule has 0 N–H and O–H groups in total. The van der Waals surface area contributed by atoms with Crippen molar-refractivity contribution >= 4 is 11.8 Å². The van der Waals surface area contributed by atoms with Crippen LogP contribution in [0.15, 0.2) is 64.2 Å². The van der Waals surface area contributed by atoms with Crippen molar-refractivity contribution < 1.29 is 14.3 Å². The maximum Gasteiger partial charge on any atom is 0.349 e. The SMILES string of the molecule is CCOC(=O)C(C)(C)Oc1ccc(CCN(CCCc2ccccc2)c2nn(C)c(=O)n(C)c2=O)cc1. The summed E-state index contributed by atoms with van der Waals surface area (Å²) >= 11 is 0. The number of nitrogens with zero attached hydrogens (tertiary/aromatic N) is 4. The predicted octanol–water partition coefficient (Wildman–Crippen LogP) is 2.88. The fraction of sp³-hybridized carbons (Fsp3) is 0.429. The molecule has 1 aromatic heterocycles. The summed E-state index contributed by atoms with van der Waals surface area (Å²) in [5.41, 5.74) is 0.301. The Bertz CT molecular complexity index is 1300. The molecular formula is C28H36N4O5. The normalized spacial score (nSPS) is 11.3. The van der Waals surface area contributed by atoms with Gasteiger partial charge in [0.05, 0.1) is 6.61 Å². The molecule has 0 aliphatic rings. The molecule has 0 fully saturated rings. The maximum absolute atomic E-state index is 12.9. The minimum atomic E-state index is -1.10. The van der Waals surface area contributed by atoms with Gasteiger partial charge in [-0.25, -0.2) is 14.3 Å². The summed E-state index contributed by atoms with van der Waals surface area (Å²) in [6.07, 6.45) is 2.35. The fourth-order valence-electron chi connectivity index (χ4n) is 3.95. The number of carbonyl (C=O) groups is 1. The van der Waals surface area contributed by atoms with E-state index in [0.717, 1.165) is 23.0 Å². The number of rotatable bonds is 12. The highest BCUT2D eigenvalue weighted by atomic mass is 16.6. The maximum atomic E-state index is 12.9. The van der Waals surface area contributed by atoms with Crippen molar-refractivity contribution in [3.8, 4) is 5.75 Å². The van der Waals surface area contributed by atoms with Gasteiger partial charge in [0.1, 0.15) is 5.75 Å². The van der Waals surface area contributed by atoms with E-state index in [4.69, 9.17) is 9.47 Å². The van der Waals surface area contributed by atoms with Crippen LogP contribution in [0.3, 0.4) is 0 Å². The molecule has 3 rings (SSSR count). The van der Waals surface area contributed by atoms with Gasteiger partial charge in [-0.1, -0.05) is 42.5 Å². The number of ether oxygens (including phenoxy) is 2. The van der Waals surface area contributed by atoms with Crippen LogP contribution < -0.4 is 20.9 Å². The predicted molar refractivity (Wildman–Crippen MR) is 143 cm³/mol. The van der Waals surface area contributed by atoms with Crippen molar-refractivity contribution in [3.05, 3.63) is 86.6 Å². The average Bonchev–Trinajstić information content (AvgIpc) is 2.88. The van der Waals surface area contributed by atoms with E-state index >= 15 is 0 Å². The molecule has 0 saturated heterocycles. The molecule has 0 spiro atoms. The Morgan fingerprint density at radius 3 is 2.24 bits per heavy atom. The van der Waals surface area contributed by atoms with Crippen molar-refractivity contribution in [1.82, 2.24) is 14.3 Å². The third-order valence-electron chi connectivity index (χ3n) is 6.07. The molecule has 0 bridgehead atoms. The monoisotopic (exact) mass is 508 g/mol. The lowest BCUT2D eigenvalue weighted by Crippen LogP contribution is -2.44. The molecule has 3 aromatic rings. The molecule has 37 heavy (non-hydrogen) atoms. The average molecular weight is 509 g/mol. The van der Waals surface area contributed by atoms with Gasteiger partial charge in [-0.15, -0.1) is 5.10 Å². The van der Waals surface area contributed by atoms with E-state index in [2.05, 4.69) is 17.2 Å². The van der Waals surface area contributed by atoms with E-state index in [-0.39, 0.29) is 5.82 Å². The topological polar surface area (TPSA) is 95.7 Å². The van der Waals surface area contributed by atoms with Crippen molar-refractivity contribution in [2.24, 2.45) is 14.1 Å². The molecule has 0 unspecified atom stereocenters. The fourth-order valence-corrected chi connectivity index (χ4v) is 3.95. The van der Waals surface area contributed by atoms with Crippen LogP contribution in [0.5, 0.6) is 5.75 Å². The molecule has 0 amide bonds. The highest BCUT2D eigenvalue weighted by Crippen LogP contribution is 2.21. The van der Waals surface area contributed by atoms with E-state index in [1.807, 2.05) is 47.4 Å². The number of aryl methyl sites for hydroxylation is 2. The van der Waals surface area contributed by atoms with Crippen LogP contribution in [0, 0.1) is 0 Å². The Labute approximate surface area is 217 Å². The molecule has 0 saturated carbocycles. The van der Waals surface area contributed by atoms with Crippen LogP contribution in [0.2, 0.25) is 0 Å². The van der Waals surface area contributed by atoms with E-state index < -0.39 is 22.8 Å². The summed E-state index contributed by atoms with van der Waals surface area (Å²) in [5, 5.41) is 4.29. The minimum Gasteiger partial charge on any atom is -0.476 e. The molecular weight excluding hydrogens is 472 g/mol. The van der Waals surface area contributed by atoms with Crippen LogP contribution >= 0.6 is 0 Å². The van der Waals surface area contributed by atoms with Gasteiger partial charge in [-0.05, 0) is 63.3 Å². The van der Waals surface area contributed by atoms with Gasteiger partial charge in [0.2, 0.25) is 5.82 Å². The number of benzene rings is 2. The van der Waals surface area contributed by atoms with Gasteiger partial charge in [0, 0.05) is 27.2 Å². The first kappa shape index (κ1) is 27.7. The summed E-state index contributed by atoms with van der Waals surface area (Å²) in [7, 11) is 3.01. The Balaban J connectivity index is 1.73. The number of esters is 1. The number of carbonyl (C=O) groups excluding carboxylic acids is 1. The van der Waals surface area contributed by atoms with Crippen molar-refractivity contribution in [2.45, 2.75) is 45.6 Å². The first-order valence-corrected chi connectivity index (χ1v) is 12.5.